The van der Waals surface area contributed by atoms with Gasteiger partial charge in [-0.15, -0.1) is 0 Å². The number of rotatable bonds is 5. The average Bonchev–Trinajstić information content (AvgIpc) is 3.01. The molecule has 1 saturated heterocycles. The quantitative estimate of drug-likeness (QED) is 0.805. The molecule has 6 heteroatoms. The molecule has 1 aromatic rings. The minimum Gasteiger partial charge on any atom is -0.340 e. The highest BCUT2D eigenvalue weighted by molar-refractivity contribution is 5.76. The fourth-order valence-corrected chi connectivity index (χ4v) is 4.93. The predicted molar refractivity (Wildman–Crippen MR) is 100 cm³/mol. The number of piperazine rings is 1. The third-order valence-electron chi connectivity index (χ3n) is 5.84. The number of carbonyl (C=O) groups excluding carboxylic acids is 1. The Balaban J connectivity index is 1.44. The highest BCUT2D eigenvalue weighted by atomic mass is 16.5. The molecule has 0 spiro atoms. The smallest absolute Gasteiger partial charge is 0.226 e. The molecule has 0 aromatic carbocycles. The molecular weight excluding hydrogens is 328 g/mol. The maximum absolute atomic E-state index is 12.8. The van der Waals surface area contributed by atoms with Crippen LogP contribution in [0.15, 0.2) is 4.52 Å². The number of aryl methyl sites for hydroxylation is 1. The van der Waals surface area contributed by atoms with Crippen molar-refractivity contribution in [2.24, 2.45) is 17.3 Å². The van der Waals surface area contributed by atoms with Crippen LogP contribution in [0.5, 0.6) is 0 Å². The maximum atomic E-state index is 12.8. The molecule has 3 rings (SSSR count). The first-order valence-corrected chi connectivity index (χ1v) is 10.2. The van der Waals surface area contributed by atoms with Gasteiger partial charge in [0.2, 0.25) is 11.8 Å². The van der Waals surface area contributed by atoms with Crippen LogP contribution in [0.25, 0.3) is 0 Å². The van der Waals surface area contributed by atoms with Gasteiger partial charge in [0.05, 0.1) is 6.54 Å². The molecule has 1 saturated carbocycles. The Morgan fingerprint density at radius 2 is 1.96 bits per heavy atom. The first-order valence-electron chi connectivity index (χ1n) is 10.2. The lowest BCUT2D eigenvalue weighted by Crippen LogP contribution is -2.49. The third-order valence-corrected chi connectivity index (χ3v) is 5.84. The zero-order chi connectivity index (χ0) is 18.7. The van der Waals surface area contributed by atoms with Gasteiger partial charge < -0.3 is 9.42 Å². The van der Waals surface area contributed by atoms with E-state index in [1.165, 1.54) is 19.3 Å². The lowest BCUT2D eigenvalue weighted by molar-refractivity contribution is -0.134. The molecule has 2 fully saturated rings. The summed E-state index contributed by atoms with van der Waals surface area (Å²) >= 11 is 0. The largest absolute Gasteiger partial charge is 0.340 e. The monoisotopic (exact) mass is 362 g/mol. The van der Waals surface area contributed by atoms with E-state index in [9.17, 15) is 4.79 Å². The Morgan fingerprint density at radius 1 is 1.23 bits per heavy atom. The van der Waals surface area contributed by atoms with Crippen molar-refractivity contribution in [1.82, 2.24) is 19.9 Å². The molecule has 0 N–H and O–H groups in total. The second kappa shape index (κ2) is 8.07. The Morgan fingerprint density at radius 3 is 2.58 bits per heavy atom. The van der Waals surface area contributed by atoms with Gasteiger partial charge in [0, 0.05) is 39.0 Å². The molecule has 6 nitrogen and oxygen atoms in total. The van der Waals surface area contributed by atoms with Gasteiger partial charge in [-0.3, -0.25) is 9.69 Å². The Labute approximate surface area is 157 Å². The van der Waals surface area contributed by atoms with Gasteiger partial charge in [-0.2, -0.15) is 4.98 Å². The van der Waals surface area contributed by atoms with E-state index in [4.69, 9.17) is 4.52 Å². The fourth-order valence-electron chi connectivity index (χ4n) is 4.93. The van der Waals surface area contributed by atoms with E-state index in [1.807, 2.05) is 6.92 Å². The summed E-state index contributed by atoms with van der Waals surface area (Å²) in [6.07, 6.45) is 5.16. The molecule has 1 amide bonds. The highest BCUT2D eigenvalue weighted by Gasteiger charge is 2.34. The lowest BCUT2D eigenvalue weighted by atomic mass is 9.67. The summed E-state index contributed by atoms with van der Waals surface area (Å²) in [7, 11) is 0. The van der Waals surface area contributed by atoms with Crippen LogP contribution in [0.2, 0.25) is 0 Å². The van der Waals surface area contributed by atoms with Crippen LogP contribution in [0.4, 0.5) is 0 Å². The molecule has 2 unspecified atom stereocenters. The first-order chi connectivity index (χ1) is 12.3. The van der Waals surface area contributed by atoms with Crippen LogP contribution >= 0.6 is 0 Å². The van der Waals surface area contributed by atoms with Crippen LogP contribution in [0.1, 0.15) is 65.1 Å². The summed E-state index contributed by atoms with van der Waals surface area (Å²) < 4.78 is 5.17. The van der Waals surface area contributed by atoms with Crippen molar-refractivity contribution >= 4 is 5.91 Å². The van der Waals surface area contributed by atoms with Crippen molar-refractivity contribution < 1.29 is 9.32 Å². The van der Waals surface area contributed by atoms with Crippen LogP contribution in [0, 0.1) is 17.3 Å². The van der Waals surface area contributed by atoms with Crippen molar-refractivity contribution in [1.29, 1.82) is 0 Å². The van der Waals surface area contributed by atoms with E-state index in [0.29, 0.717) is 29.7 Å². The van der Waals surface area contributed by atoms with E-state index < -0.39 is 0 Å². The van der Waals surface area contributed by atoms with Crippen LogP contribution in [-0.4, -0.2) is 52.0 Å². The van der Waals surface area contributed by atoms with Crippen LogP contribution < -0.4 is 0 Å². The second-order valence-electron chi connectivity index (χ2n) is 9.10. The van der Waals surface area contributed by atoms with Crippen molar-refractivity contribution in [3.05, 3.63) is 11.7 Å². The molecule has 1 aliphatic heterocycles. The molecular formula is C20H34N4O2. The molecule has 2 heterocycles. The summed E-state index contributed by atoms with van der Waals surface area (Å²) in [6, 6.07) is 0. The van der Waals surface area contributed by atoms with Gasteiger partial charge in [-0.1, -0.05) is 32.9 Å². The number of aromatic nitrogens is 2. The number of hydrogen-bond acceptors (Lipinski definition) is 5. The van der Waals surface area contributed by atoms with Crippen molar-refractivity contribution in [2.75, 3.05) is 26.2 Å². The van der Waals surface area contributed by atoms with Crippen LogP contribution in [0.3, 0.4) is 0 Å². The number of hydrogen-bond donors (Lipinski definition) is 0. The van der Waals surface area contributed by atoms with Crippen LogP contribution in [-0.2, 0) is 17.8 Å². The van der Waals surface area contributed by atoms with Gasteiger partial charge in [-0.25, -0.2) is 0 Å². The predicted octanol–water partition coefficient (Wildman–Crippen LogP) is 3.13. The Bertz CT molecular complexity index is 605. The minimum absolute atomic E-state index is 0.340. The van der Waals surface area contributed by atoms with Crippen molar-refractivity contribution in [2.45, 2.75) is 66.3 Å². The molecule has 146 valence electrons. The fraction of sp³-hybridized carbons (Fsp3) is 0.850. The lowest BCUT2D eigenvalue weighted by Gasteiger charge is -2.40. The standard InChI is InChI=1S/C20H34N4O2/c1-5-18-21-17(22-26-18)14-23-6-8-24(9-7-23)19(25)11-16-10-15(2)12-20(3,4)13-16/h15-16H,5-14H2,1-4H3. The van der Waals surface area contributed by atoms with Crippen molar-refractivity contribution in [3.63, 3.8) is 0 Å². The summed E-state index contributed by atoms with van der Waals surface area (Å²) in [5, 5.41) is 4.02. The second-order valence-corrected chi connectivity index (χ2v) is 9.10. The number of amides is 1. The molecule has 1 aromatic heterocycles. The number of carbonyl (C=O) groups is 1. The van der Waals surface area contributed by atoms with E-state index in [1.54, 1.807) is 0 Å². The molecule has 1 aliphatic carbocycles. The van der Waals surface area contributed by atoms with Gasteiger partial charge in [0.15, 0.2) is 5.82 Å². The molecule has 2 aliphatic rings. The van der Waals surface area contributed by atoms with Gasteiger partial charge in [-0.05, 0) is 36.5 Å². The van der Waals surface area contributed by atoms with Crippen molar-refractivity contribution in [3.8, 4) is 0 Å². The van der Waals surface area contributed by atoms with E-state index in [2.05, 4.69) is 40.7 Å². The molecule has 0 bridgehead atoms. The van der Waals surface area contributed by atoms with E-state index in [0.717, 1.165) is 50.8 Å². The summed E-state index contributed by atoms with van der Waals surface area (Å²) in [6.45, 7) is 13.1. The first kappa shape index (κ1) is 19.3. The molecule has 0 radical (unpaired) electrons. The van der Waals surface area contributed by atoms with Gasteiger partial charge in [0.25, 0.3) is 0 Å². The zero-order valence-electron chi connectivity index (χ0n) is 16.8. The normalized spacial score (nSPS) is 26.8. The van der Waals surface area contributed by atoms with Gasteiger partial charge in [0.1, 0.15) is 0 Å². The third kappa shape index (κ3) is 5.06. The highest BCUT2D eigenvalue weighted by Crippen LogP contribution is 2.42. The minimum atomic E-state index is 0.340. The Hall–Kier alpha value is -1.43. The van der Waals surface area contributed by atoms with Gasteiger partial charge >= 0.3 is 0 Å². The summed E-state index contributed by atoms with van der Waals surface area (Å²) in [4.78, 5) is 21.5. The Kier molecular flexibility index (Phi) is 6.00. The maximum Gasteiger partial charge on any atom is 0.226 e. The number of nitrogens with zero attached hydrogens (tertiary/aromatic N) is 4. The summed E-state index contributed by atoms with van der Waals surface area (Å²) in [5.74, 6) is 3.06. The molecule has 26 heavy (non-hydrogen) atoms. The topological polar surface area (TPSA) is 62.5 Å². The summed E-state index contributed by atoms with van der Waals surface area (Å²) in [5.41, 5.74) is 0.378. The average molecular weight is 363 g/mol. The van der Waals surface area contributed by atoms with E-state index >= 15 is 0 Å². The zero-order valence-corrected chi connectivity index (χ0v) is 16.8. The molecule has 2 atom stereocenters. The van der Waals surface area contributed by atoms with E-state index in [-0.39, 0.29) is 0 Å². The SMILES string of the molecule is CCc1nc(CN2CCN(C(=O)CC3CC(C)CC(C)(C)C3)CC2)no1.